The highest BCUT2D eigenvalue weighted by molar-refractivity contribution is 5.57. The van der Waals surface area contributed by atoms with Gasteiger partial charge in [-0.2, -0.15) is 0 Å². The van der Waals surface area contributed by atoms with Crippen LogP contribution in [0.5, 0.6) is 0 Å². The Hall–Kier alpha value is -0.660. The molecule has 0 heterocycles. The summed E-state index contributed by atoms with van der Waals surface area (Å²) >= 11 is 0. The van der Waals surface area contributed by atoms with Crippen molar-refractivity contribution in [3.8, 4) is 0 Å². The van der Waals surface area contributed by atoms with E-state index in [0.29, 0.717) is 0 Å². The molecule has 0 aromatic heterocycles. The Morgan fingerprint density at radius 1 is 1.00 bits per heavy atom. The number of carbonyl (C=O) groups excluding carboxylic acids is 2. The van der Waals surface area contributed by atoms with E-state index < -0.39 is 0 Å². The molecule has 2 heteroatoms. The lowest BCUT2D eigenvalue weighted by Crippen LogP contribution is -2.09. The molecule has 0 rings (SSSR count). The molecule has 0 fully saturated rings. The topological polar surface area (TPSA) is 34.1 Å². The molecule has 0 aliphatic heterocycles. The fourth-order valence-corrected chi connectivity index (χ4v) is 1.03. The molecule has 0 aliphatic carbocycles. The van der Waals surface area contributed by atoms with Crippen LogP contribution in [0.2, 0.25) is 0 Å². The summed E-state index contributed by atoms with van der Waals surface area (Å²) in [6.07, 6.45) is 4.31. The van der Waals surface area contributed by atoms with E-state index in [1.165, 1.54) is 0 Å². The molecule has 0 aliphatic rings. The van der Waals surface area contributed by atoms with E-state index in [1.807, 2.05) is 13.8 Å². The lowest BCUT2D eigenvalue weighted by atomic mass is 9.93. The molecule has 0 radical (unpaired) electrons. The zero-order valence-electron chi connectivity index (χ0n) is 7.25. The molecule has 0 spiro atoms. The summed E-state index contributed by atoms with van der Waals surface area (Å²) in [6, 6.07) is 0. The highest BCUT2D eigenvalue weighted by Crippen LogP contribution is 2.14. The van der Waals surface area contributed by atoms with Crippen molar-refractivity contribution >= 4 is 12.6 Å². The van der Waals surface area contributed by atoms with Crippen molar-refractivity contribution in [3.05, 3.63) is 0 Å². The molecule has 0 bridgehead atoms. The standard InChI is InChI=1S/C9H16O2/c1-3-8(6-10)5-9(4-2)7-11/h6-9H,3-5H2,1-2H3. The molecule has 0 aromatic rings. The van der Waals surface area contributed by atoms with Crippen LogP contribution in [0.15, 0.2) is 0 Å². The van der Waals surface area contributed by atoms with Gasteiger partial charge in [-0.05, 0) is 19.3 Å². The molecule has 2 atom stereocenters. The molecule has 0 amide bonds. The maximum Gasteiger partial charge on any atom is 0.123 e. The molecule has 2 nitrogen and oxygen atoms in total. The molecular weight excluding hydrogens is 140 g/mol. The Labute approximate surface area is 68.0 Å². The molecule has 11 heavy (non-hydrogen) atoms. The molecule has 0 saturated carbocycles. The van der Waals surface area contributed by atoms with Gasteiger partial charge >= 0.3 is 0 Å². The largest absolute Gasteiger partial charge is 0.303 e. The van der Waals surface area contributed by atoms with E-state index in [1.54, 1.807) is 0 Å². The summed E-state index contributed by atoms with van der Waals surface area (Å²) in [7, 11) is 0. The Bertz CT molecular complexity index is 107. The Balaban J connectivity index is 3.76. The number of carbonyl (C=O) groups is 2. The minimum Gasteiger partial charge on any atom is -0.303 e. The van der Waals surface area contributed by atoms with Gasteiger partial charge in [0.15, 0.2) is 0 Å². The zero-order valence-corrected chi connectivity index (χ0v) is 7.25. The third kappa shape index (κ3) is 3.91. The van der Waals surface area contributed by atoms with Crippen LogP contribution in [-0.4, -0.2) is 12.6 Å². The van der Waals surface area contributed by atoms with E-state index in [4.69, 9.17) is 0 Å². The maximum atomic E-state index is 10.4. The molecule has 0 aromatic carbocycles. The summed E-state index contributed by atoms with van der Waals surface area (Å²) in [4.78, 5) is 20.8. The third-order valence-electron chi connectivity index (χ3n) is 2.04. The third-order valence-corrected chi connectivity index (χ3v) is 2.04. The Morgan fingerprint density at radius 2 is 1.36 bits per heavy atom. The van der Waals surface area contributed by atoms with E-state index in [2.05, 4.69) is 0 Å². The van der Waals surface area contributed by atoms with Crippen molar-refractivity contribution in [2.24, 2.45) is 11.8 Å². The van der Waals surface area contributed by atoms with Crippen LogP contribution in [0.4, 0.5) is 0 Å². The molecule has 2 unspecified atom stereocenters. The van der Waals surface area contributed by atoms with E-state index in [9.17, 15) is 9.59 Å². The predicted molar refractivity (Wildman–Crippen MR) is 44.3 cm³/mol. The van der Waals surface area contributed by atoms with Crippen molar-refractivity contribution in [1.82, 2.24) is 0 Å². The Kier molecular flexibility index (Phi) is 5.71. The summed E-state index contributed by atoms with van der Waals surface area (Å²) in [5.74, 6) is 0.148. The second-order valence-electron chi connectivity index (χ2n) is 2.84. The van der Waals surface area contributed by atoms with Gasteiger partial charge in [0.2, 0.25) is 0 Å². The SMILES string of the molecule is CCC(C=O)CC(C=O)CC. The molecule has 64 valence electrons. The van der Waals surface area contributed by atoms with Crippen molar-refractivity contribution in [2.45, 2.75) is 33.1 Å². The molecule has 0 N–H and O–H groups in total. The second-order valence-corrected chi connectivity index (χ2v) is 2.84. The van der Waals surface area contributed by atoms with Crippen LogP contribution >= 0.6 is 0 Å². The van der Waals surface area contributed by atoms with E-state index in [-0.39, 0.29) is 11.8 Å². The van der Waals surface area contributed by atoms with E-state index >= 15 is 0 Å². The maximum absolute atomic E-state index is 10.4. The first-order valence-electron chi connectivity index (χ1n) is 4.19. The minimum atomic E-state index is 0.0742. The van der Waals surface area contributed by atoms with Crippen LogP contribution in [0.25, 0.3) is 0 Å². The summed E-state index contributed by atoms with van der Waals surface area (Å²) in [5.41, 5.74) is 0. The summed E-state index contributed by atoms with van der Waals surface area (Å²) < 4.78 is 0. The average Bonchev–Trinajstić information content (AvgIpc) is 2.07. The first kappa shape index (κ1) is 10.3. The highest BCUT2D eigenvalue weighted by atomic mass is 16.1. The van der Waals surface area contributed by atoms with Crippen molar-refractivity contribution in [3.63, 3.8) is 0 Å². The number of hydrogen-bond acceptors (Lipinski definition) is 2. The molecular formula is C9H16O2. The van der Waals surface area contributed by atoms with Crippen LogP contribution < -0.4 is 0 Å². The van der Waals surface area contributed by atoms with Gasteiger partial charge in [-0.25, -0.2) is 0 Å². The summed E-state index contributed by atoms with van der Waals surface area (Å²) in [5, 5.41) is 0. The van der Waals surface area contributed by atoms with Crippen molar-refractivity contribution < 1.29 is 9.59 Å². The summed E-state index contributed by atoms with van der Waals surface area (Å²) in [6.45, 7) is 3.94. The Morgan fingerprint density at radius 3 is 1.55 bits per heavy atom. The first-order valence-corrected chi connectivity index (χ1v) is 4.19. The van der Waals surface area contributed by atoms with Gasteiger partial charge < -0.3 is 9.59 Å². The van der Waals surface area contributed by atoms with Gasteiger partial charge in [0, 0.05) is 11.8 Å². The van der Waals surface area contributed by atoms with Crippen LogP contribution in [0.3, 0.4) is 0 Å². The monoisotopic (exact) mass is 156 g/mol. The van der Waals surface area contributed by atoms with Crippen molar-refractivity contribution in [2.75, 3.05) is 0 Å². The van der Waals surface area contributed by atoms with Gasteiger partial charge in [-0.1, -0.05) is 13.8 Å². The fraction of sp³-hybridized carbons (Fsp3) is 0.778. The lowest BCUT2D eigenvalue weighted by molar-refractivity contribution is -0.113. The van der Waals surface area contributed by atoms with Crippen LogP contribution in [-0.2, 0) is 9.59 Å². The smallest absolute Gasteiger partial charge is 0.123 e. The minimum absolute atomic E-state index is 0.0742. The molecule has 0 saturated heterocycles. The predicted octanol–water partition coefficient (Wildman–Crippen LogP) is 1.83. The number of rotatable bonds is 6. The fourth-order valence-electron chi connectivity index (χ4n) is 1.03. The van der Waals surface area contributed by atoms with Crippen LogP contribution in [0, 0.1) is 11.8 Å². The van der Waals surface area contributed by atoms with Crippen LogP contribution in [0.1, 0.15) is 33.1 Å². The van der Waals surface area contributed by atoms with Gasteiger partial charge in [0.1, 0.15) is 12.6 Å². The van der Waals surface area contributed by atoms with Gasteiger partial charge in [-0.3, -0.25) is 0 Å². The van der Waals surface area contributed by atoms with Crippen molar-refractivity contribution in [1.29, 1.82) is 0 Å². The number of aldehydes is 2. The van der Waals surface area contributed by atoms with Gasteiger partial charge in [-0.15, -0.1) is 0 Å². The normalized spacial score (nSPS) is 15.5. The average molecular weight is 156 g/mol. The van der Waals surface area contributed by atoms with Gasteiger partial charge in [0.25, 0.3) is 0 Å². The highest BCUT2D eigenvalue weighted by Gasteiger charge is 2.11. The zero-order chi connectivity index (χ0) is 8.69. The number of hydrogen-bond donors (Lipinski definition) is 0. The first-order chi connectivity index (χ1) is 5.28. The van der Waals surface area contributed by atoms with E-state index in [0.717, 1.165) is 31.8 Å². The second kappa shape index (κ2) is 6.08. The lowest BCUT2D eigenvalue weighted by Gasteiger charge is -2.10. The quantitative estimate of drug-likeness (QED) is 0.550. The van der Waals surface area contributed by atoms with Gasteiger partial charge in [0.05, 0.1) is 0 Å².